The molecule has 0 bridgehead atoms. The van der Waals surface area contributed by atoms with Crippen molar-refractivity contribution in [3.63, 3.8) is 0 Å². The topological polar surface area (TPSA) is 77.8 Å². The van der Waals surface area contributed by atoms with E-state index in [0.29, 0.717) is 34.4 Å². The van der Waals surface area contributed by atoms with Crippen molar-refractivity contribution < 1.29 is 24.2 Å². The van der Waals surface area contributed by atoms with Gasteiger partial charge in [0.25, 0.3) is 0 Å². The lowest BCUT2D eigenvalue weighted by atomic mass is 9.88. The van der Waals surface area contributed by atoms with Crippen molar-refractivity contribution in [2.24, 2.45) is 0 Å². The molecule has 2 aliphatic rings. The summed E-state index contributed by atoms with van der Waals surface area (Å²) in [6.07, 6.45) is 0.544. The molecule has 6 heteroatoms. The molecule has 1 fully saturated rings. The summed E-state index contributed by atoms with van der Waals surface area (Å²) >= 11 is 0. The number of fused-ring (bicyclic) bond motifs is 2. The van der Waals surface area contributed by atoms with Crippen molar-refractivity contribution >= 4 is 17.6 Å². The van der Waals surface area contributed by atoms with Crippen LogP contribution in [0, 0.1) is 12.7 Å². The number of amides is 1. The number of hydrogen-bond donors (Lipinski definition) is 2. The maximum atomic E-state index is 15.4. The van der Waals surface area contributed by atoms with Gasteiger partial charge in [0.1, 0.15) is 11.6 Å². The van der Waals surface area contributed by atoms with E-state index in [4.69, 9.17) is 0 Å². The fourth-order valence-corrected chi connectivity index (χ4v) is 5.78. The molecule has 1 heterocycles. The third-order valence-corrected chi connectivity index (χ3v) is 7.88. The van der Waals surface area contributed by atoms with Gasteiger partial charge >= 0.3 is 5.97 Å². The van der Waals surface area contributed by atoms with Crippen molar-refractivity contribution in [1.82, 2.24) is 0 Å². The number of halogens is 1. The van der Waals surface area contributed by atoms with Gasteiger partial charge in [0, 0.05) is 24.1 Å². The molecule has 0 radical (unpaired) electrons. The number of carbonyl (C=O) groups excluding carboxylic acids is 1. The minimum atomic E-state index is -0.999. The number of benzene rings is 4. The van der Waals surface area contributed by atoms with E-state index in [2.05, 4.69) is 0 Å². The summed E-state index contributed by atoms with van der Waals surface area (Å²) in [5.74, 6) is -1.53. The van der Waals surface area contributed by atoms with Gasteiger partial charge in [0.15, 0.2) is 0 Å². The molecule has 2 atom stereocenters. The maximum Gasteiger partial charge on any atom is 0.335 e. The van der Waals surface area contributed by atoms with Gasteiger partial charge < -0.3 is 15.1 Å². The van der Waals surface area contributed by atoms with Crippen molar-refractivity contribution in [2.75, 3.05) is 11.9 Å². The van der Waals surface area contributed by atoms with Gasteiger partial charge in [-0.2, -0.15) is 0 Å². The molecule has 184 valence electrons. The fraction of sp³-hybridized carbons (Fsp3) is 0.161. The smallest absolute Gasteiger partial charge is 0.335 e. The Morgan fingerprint density at radius 3 is 2.32 bits per heavy atom. The van der Waals surface area contributed by atoms with Gasteiger partial charge in [0.2, 0.25) is 5.91 Å². The first kappa shape index (κ1) is 23.0. The van der Waals surface area contributed by atoms with E-state index < -0.39 is 17.2 Å². The Hall–Kier alpha value is -4.45. The van der Waals surface area contributed by atoms with E-state index in [1.54, 1.807) is 44.3 Å². The molecule has 0 saturated heterocycles. The number of phenolic OH excluding ortho intramolecular Hbond substituents is 1. The lowest BCUT2D eigenvalue weighted by Crippen LogP contribution is -2.29. The van der Waals surface area contributed by atoms with Gasteiger partial charge in [0.05, 0.1) is 16.7 Å². The first-order valence-electron chi connectivity index (χ1n) is 12.1. The van der Waals surface area contributed by atoms with Crippen LogP contribution in [0.1, 0.15) is 39.4 Å². The Morgan fingerprint density at radius 2 is 1.65 bits per heavy atom. The summed E-state index contributed by atoms with van der Waals surface area (Å²) in [7, 11) is 1.66. The second-order valence-corrected chi connectivity index (χ2v) is 9.92. The molecular weight excluding hydrogens is 469 g/mol. The van der Waals surface area contributed by atoms with Crippen LogP contribution < -0.4 is 4.90 Å². The highest BCUT2D eigenvalue weighted by Crippen LogP contribution is 2.66. The number of phenols is 1. The lowest BCUT2D eigenvalue weighted by Gasteiger charge is -2.13. The number of aryl methyl sites for hydroxylation is 1. The number of anilines is 1. The Morgan fingerprint density at radius 1 is 0.973 bits per heavy atom. The van der Waals surface area contributed by atoms with Crippen LogP contribution in [0.25, 0.3) is 22.3 Å². The molecule has 2 unspecified atom stereocenters. The summed E-state index contributed by atoms with van der Waals surface area (Å²) in [4.78, 5) is 26.7. The number of carboxylic acid groups (broad SMARTS) is 1. The molecule has 4 aromatic carbocycles. The van der Waals surface area contributed by atoms with Gasteiger partial charge in [-0.3, -0.25) is 4.79 Å². The van der Waals surface area contributed by atoms with Gasteiger partial charge in [-0.1, -0.05) is 54.6 Å². The number of aromatic carboxylic acids is 1. The van der Waals surface area contributed by atoms with E-state index in [1.165, 1.54) is 11.0 Å². The van der Waals surface area contributed by atoms with E-state index in [-0.39, 0.29) is 23.1 Å². The van der Waals surface area contributed by atoms with Crippen molar-refractivity contribution in [1.29, 1.82) is 0 Å². The summed E-state index contributed by atoms with van der Waals surface area (Å²) in [5, 5.41) is 19.7. The van der Waals surface area contributed by atoms with Crippen molar-refractivity contribution in [2.45, 2.75) is 24.7 Å². The zero-order valence-electron chi connectivity index (χ0n) is 20.3. The second-order valence-electron chi connectivity index (χ2n) is 9.92. The van der Waals surface area contributed by atoms with Crippen LogP contribution in [0.4, 0.5) is 10.1 Å². The minimum Gasteiger partial charge on any atom is -0.507 e. The predicted molar refractivity (Wildman–Crippen MR) is 140 cm³/mol. The zero-order chi connectivity index (χ0) is 26.1. The van der Waals surface area contributed by atoms with Crippen molar-refractivity contribution in [3.8, 4) is 28.0 Å². The molecule has 37 heavy (non-hydrogen) atoms. The summed E-state index contributed by atoms with van der Waals surface area (Å²) in [5.41, 5.74) is 4.74. The number of aromatic hydroxyl groups is 1. The molecule has 2 N–H and O–H groups in total. The largest absolute Gasteiger partial charge is 0.507 e. The predicted octanol–water partition coefficient (Wildman–Crippen LogP) is 6.27. The van der Waals surface area contributed by atoms with Crippen LogP contribution in [0.15, 0.2) is 78.9 Å². The second kappa shape index (κ2) is 8.03. The SMILES string of the molecule is Cc1ccc(C2CC23C(=O)N(C)c2cc(F)c(-c4ccc(-c5ccccc5O)cc4)cc23)cc1C(=O)O. The molecule has 1 saturated carbocycles. The molecule has 0 aromatic heterocycles. The number of rotatable bonds is 4. The van der Waals surface area contributed by atoms with Crippen LogP contribution in [0.2, 0.25) is 0 Å². The van der Waals surface area contributed by atoms with Crippen molar-refractivity contribution in [3.05, 3.63) is 107 Å². The van der Waals surface area contributed by atoms with E-state index in [9.17, 15) is 19.8 Å². The monoisotopic (exact) mass is 493 g/mol. The number of carboxylic acids is 1. The molecule has 1 amide bonds. The standard InChI is InChI=1S/C31H24FNO4/c1-17-7-8-20(13-22(17)29(35)36)25-16-31(25)24-14-23(26(32)15-27(24)33(2)30(31)37)19-11-9-18(10-12-19)21-5-3-4-6-28(21)34/h3-15,25,34H,16H2,1-2H3,(H,35,36). The highest BCUT2D eigenvalue weighted by atomic mass is 19.1. The molecule has 5 nitrogen and oxygen atoms in total. The highest BCUT2D eigenvalue weighted by Gasteiger charge is 2.66. The minimum absolute atomic E-state index is 0.101. The van der Waals surface area contributed by atoms with Crippen LogP contribution in [-0.4, -0.2) is 29.1 Å². The van der Waals surface area contributed by atoms with Gasteiger partial charge in [-0.25, -0.2) is 9.18 Å². The molecule has 1 spiro atoms. The molecule has 1 aliphatic carbocycles. The van der Waals surface area contributed by atoms with E-state index in [1.807, 2.05) is 42.5 Å². The van der Waals surface area contributed by atoms with Crippen LogP contribution >= 0.6 is 0 Å². The third-order valence-electron chi connectivity index (χ3n) is 7.88. The number of hydrogen-bond acceptors (Lipinski definition) is 3. The first-order valence-corrected chi connectivity index (χ1v) is 12.1. The van der Waals surface area contributed by atoms with Crippen LogP contribution in [-0.2, 0) is 10.2 Å². The quantitative estimate of drug-likeness (QED) is 0.351. The Kier molecular flexibility index (Phi) is 4.99. The molecule has 4 aromatic rings. The molecular formula is C31H24FNO4. The number of para-hydroxylation sites is 1. The summed E-state index contributed by atoms with van der Waals surface area (Å²) in [6.45, 7) is 1.75. The first-order chi connectivity index (χ1) is 17.7. The number of nitrogens with zero attached hydrogens (tertiary/aromatic N) is 1. The average Bonchev–Trinajstić information content (AvgIpc) is 3.61. The van der Waals surface area contributed by atoms with E-state index >= 15 is 4.39 Å². The highest BCUT2D eigenvalue weighted by molar-refractivity contribution is 6.11. The van der Waals surface area contributed by atoms with E-state index in [0.717, 1.165) is 16.7 Å². The van der Waals surface area contributed by atoms with Crippen LogP contribution in [0.3, 0.4) is 0 Å². The molecule has 1 aliphatic heterocycles. The Balaban J connectivity index is 1.41. The van der Waals surface area contributed by atoms with Crippen LogP contribution in [0.5, 0.6) is 5.75 Å². The van der Waals surface area contributed by atoms with Gasteiger partial charge in [-0.15, -0.1) is 0 Å². The maximum absolute atomic E-state index is 15.4. The third kappa shape index (κ3) is 3.36. The Labute approximate surface area is 213 Å². The molecule has 6 rings (SSSR count). The number of carbonyl (C=O) groups is 2. The Bertz CT molecular complexity index is 1610. The summed E-state index contributed by atoms with van der Waals surface area (Å²) < 4.78 is 15.4. The van der Waals surface area contributed by atoms with Gasteiger partial charge in [-0.05, 0) is 65.4 Å². The lowest BCUT2D eigenvalue weighted by molar-refractivity contribution is -0.120. The number of likely N-dealkylation sites (N-methyl/N-ethyl adjacent to an activating group) is 1. The fourth-order valence-electron chi connectivity index (χ4n) is 5.78. The normalized spacial score (nSPS) is 19.8. The average molecular weight is 494 g/mol. The summed E-state index contributed by atoms with van der Waals surface area (Å²) in [6, 6.07) is 22.8. The zero-order valence-corrected chi connectivity index (χ0v) is 20.3.